The largest absolute Gasteiger partial charge is 0.497 e. The molecule has 1 aromatic heterocycles. The fourth-order valence-electron chi connectivity index (χ4n) is 5.46. The van der Waals surface area contributed by atoms with Crippen molar-refractivity contribution in [1.82, 2.24) is 14.9 Å². The summed E-state index contributed by atoms with van der Waals surface area (Å²) in [4.78, 5) is 27.5. The smallest absolute Gasteiger partial charge is 0.258 e. The van der Waals surface area contributed by atoms with E-state index in [1.54, 1.807) is 7.11 Å². The molecule has 0 atom stereocenters. The Balaban J connectivity index is 1.20. The van der Waals surface area contributed by atoms with Crippen LogP contribution in [0.1, 0.15) is 28.8 Å². The van der Waals surface area contributed by atoms with E-state index in [4.69, 9.17) is 19.4 Å². The van der Waals surface area contributed by atoms with E-state index in [9.17, 15) is 4.79 Å². The standard InChI is InChI=1S/C36H37N5O3/c1-40(25-26-8-4-3-5-9-26)34-36(44-23-22-41-20-6-7-21-41)39-32-19-16-30(24-33(32)38-34)37-35(42)29-12-10-27(11-13-29)28-14-17-31(43-2)18-15-28/h3-5,8-19,24H,6-7,20-23,25H2,1-2H3,(H,37,42). The van der Waals surface area contributed by atoms with E-state index in [1.165, 1.54) is 18.4 Å². The minimum Gasteiger partial charge on any atom is -0.497 e. The second-order valence-corrected chi connectivity index (χ2v) is 11.1. The van der Waals surface area contributed by atoms with Gasteiger partial charge in [-0.1, -0.05) is 54.6 Å². The Hall–Kier alpha value is -4.95. The number of carbonyl (C=O) groups excluding carboxylic acids is 1. The molecule has 8 nitrogen and oxygen atoms in total. The lowest BCUT2D eigenvalue weighted by Gasteiger charge is -2.22. The Morgan fingerprint density at radius 3 is 2.27 bits per heavy atom. The molecule has 1 aliphatic rings. The summed E-state index contributed by atoms with van der Waals surface area (Å²) in [5, 5.41) is 3.02. The number of nitrogens with zero attached hydrogens (tertiary/aromatic N) is 4. The highest BCUT2D eigenvalue weighted by atomic mass is 16.5. The average molecular weight is 588 g/mol. The Labute approximate surface area is 258 Å². The molecule has 1 amide bonds. The third kappa shape index (κ3) is 6.98. The van der Waals surface area contributed by atoms with E-state index in [-0.39, 0.29) is 5.91 Å². The summed E-state index contributed by atoms with van der Waals surface area (Å²) >= 11 is 0. The maximum atomic E-state index is 13.1. The van der Waals surface area contributed by atoms with Gasteiger partial charge in [0.05, 0.1) is 18.1 Å². The number of amides is 1. The van der Waals surface area contributed by atoms with Gasteiger partial charge in [0.1, 0.15) is 12.4 Å². The lowest BCUT2D eigenvalue weighted by Crippen LogP contribution is -2.26. The summed E-state index contributed by atoms with van der Waals surface area (Å²) in [6, 6.07) is 31.2. The summed E-state index contributed by atoms with van der Waals surface area (Å²) in [5.74, 6) is 1.80. The van der Waals surface area contributed by atoms with Gasteiger partial charge in [0.25, 0.3) is 11.8 Å². The minimum atomic E-state index is -0.193. The van der Waals surface area contributed by atoms with Gasteiger partial charge in [-0.2, -0.15) is 0 Å². The molecule has 8 heteroatoms. The highest BCUT2D eigenvalue weighted by Crippen LogP contribution is 2.29. The molecule has 5 aromatic rings. The van der Waals surface area contributed by atoms with Crippen molar-refractivity contribution < 1.29 is 14.3 Å². The van der Waals surface area contributed by atoms with Gasteiger partial charge in [0.2, 0.25) is 0 Å². The van der Waals surface area contributed by atoms with Crippen LogP contribution in [0, 0.1) is 0 Å². The summed E-state index contributed by atoms with van der Waals surface area (Å²) in [6.07, 6.45) is 2.49. The highest BCUT2D eigenvalue weighted by Gasteiger charge is 2.18. The van der Waals surface area contributed by atoms with Gasteiger partial charge in [-0.05, 0) is 85.1 Å². The molecule has 1 saturated heterocycles. The van der Waals surface area contributed by atoms with Crippen LogP contribution in [-0.2, 0) is 6.54 Å². The average Bonchev–Trinajstić information content (AvgIpc) is 3.59. The van der Waals surface area contributed by atoms with Crippen LogP contribution in [-0.4, -0.2) is 61.2 Å². The Kier molecular flexibility index (Phi) is 8.98. The molecule has 4 aromatic carbocycles. The lowest BCUT2D eigenvalue weighted by atomic mass is 10.0. The van der Waals surface area contributed by atoms with Crippen LogP contribution in [0.5, 0.6) is 11.6 Å². The molecule has 1 fully saturated rings. The molecule has 0 unspecified atom stereocenters. The molecular weight excluding hydrogens is 550 g/mol. The highest BCUT2D eigenvalue weighted by molar-refractivity contribution is 6.05. The number of hydrogen-bond donors (Lipinski definition) is 1. The van der Waals surface area contributed by atoms with Crippen molar-refractivity contribution in [2.75, 3.05) is 50.6 Å². The lowest BCUT2D eigenvalue weighted by molar-refractivity contribution is 0.102. The van der Waals surface area contributed by atoms with Crippen molar-refractivity contribution in [3.8, 4) is 22.8 Å². The van der Waals surface area contributed by atoms with Crippen molar-refractivity contribution in [3.63, 3.8) is 0 Å². The number of fused-ring (bicyclic) bond motifs is 1. The maximum absolute atomic E-state index is 13.1. The third-order valence-electron chi connectivity index (χ3n) is 7.91. The zero-order valence-corrected chi connectivity index (χ0v) is 25.2. The fourth-order valence-corrected chi connectivity index (χ4v) is 5.46. The van der Waals surface area contributed by atoms with Crippen LogP contribution >= 0.6 is 0 Å². The van der Waals surface area contributed by atoms with Crippen molar-refractivity contribution in [2.24, 2.45) is 0 Å². The number of carbonyl (C=O) groups is 1. The molecule has 6 rings (SSSR count). The van der Waals surface area contributed by atoms with Gasteiger partial charge >= 0.3 is 0 Å². The topological polar surface area (TPSA) is 79.8 Å². The quantitative estimate of drug-likeness (QED) is 0.185. The molecule has 1 aliphatic heterocycles. The third-order valence-corrected chi connectivity index (χ3v) is 7.91. The Morgan fingerprint density at radius 2 is 1.57 bits per heavy atom. The predicted octanol–water partition coefficient (Wildman–Crippen LogP) is 6.67. The van der Waals surface area contributed by atoms with E-state index < -0.39 is 0 Å². The number of aromatic nitrogens is 2. The molecule has 0 radical (unpaired) electrons. The Bertz CT molecular complexity index is 1700. The van der Waals surface area contributed by atoms with E-state index in [1.807, 2.05) is 92.0 Å². The van der Waals surface area contributed by atoms with E-state index in [0.29, 0.717) is 47.1 Å². The van der Waals surface area contributed by atoms with E-state index in [2.05, 4.69) is 27.2 Å². The molecule has 2 heterocycles. The summed E-state index contributed by atoms with van der Waals surface area (Å²) in [5.41, 5.74) is 5.85. The van der Waals surface area contributed by atoms with Crippen molar-refractivity contribution in [1.29, 1.82) is 0 Å². The van der Waals surface area contributed by atoms with Crippen LogP contribution in [0.3, 0.4) is 0 Å². The first-order valence-corrected chi connectivity index (χ1v) is 15.0. The normalized spacial score (nSPS) is 13.1. The number of rotatable bonds is 11. The van der Waals surface area contributed by atoms with Gasteiger partial charge in [0.15, 0.2) is 5.82 Å². The first-order valence-electron chi connectivity index (χ1n) is 15.0. The maximum Gasteiger partial charge on any atom is 0.258 e. The molecule has 0 saturated carbocycles. The van der Waals surface area contributed by atoms with Gasteiger partial charge in [-0.25, -0.2) is 9.97 Å². The molecule has 0 spiro atoms. The molecule has 0 bridgehead atoms. The molecular formula is C36H37N5O3. The van der Waals surface area contributed by atoms with E-state index in [0.717, 1.165) is 36.5 Å². The zero-order chi connectivity index (χ0) is 30.3. The first kappa shape index (κ1) is 29.1. The molecule has 1 N–H and O–H groups in total. The van der Waals surface area contributed by atoms with Gasteiger partial charge in [0, 0.05) is 31.4 Å². The van der Waals surface area contributed by atoms with Crippen LogP contribution in [0.15, 0.2) is 97.1 Å². The summed E-state index contributed by atoms with van der Waals surface area (Å²) < 4.78 is 11.5. The number of benzene rings is 4. The number of hydrogen-bond acceptors (Lipinski definition) is 7. The van der Waals surface area contributed by atoms with Crippen molar-refractivity contribution in [2.45, 2.75) is 19.4 Å². The van der Waals surface area contributed by atoms with Gasteiger partial charge < -0.3 is 19.7 Å². The molecule has 224 valence electrons. The second kappa shape index (κ2) is 13.6. The SMILES string of the molecule is COc1ccc(-c2ccc(C(=O)Nc3ccc4nc(OCCN5CCCC5)c(N(C)Cc5ccccc5)nc4c3)cc2)cc1. The number of methoxy groups -OCH3 is 1. The van der Waals surface area contributed by atoms with Crippen LogP contribution < -0.4 is 19.7 Å². The van der Waals surface area contributed by atoms with Crippen LogP contribution in [0.2, 0.25) is 0 Å². The number of anilines is 2. The predicted molar refractivity (Wildman–Crippen MR) is 176 cm³/mol. The van der Waals surface area contributed by atoms with E-state index >= 15 is 0 Å². The van der Waals surface area contributed by atoms with Crippen LogP contribution in [0.25, 0.3) is 22.2 Å². The molecule has 0 aliphatic carbocycles. The minimum absolute atomic E-state index is 0.193. The molecule has 44 heavy (non-hydrogen) atoms. The number of nitrogens with one attached hydrogen (secondary N) is 1. The van der Waals surface area contributed by atoms with Crippen molar-refractivity contribution in [3.05, 3.63) is 108 Å². The first-order chi connectivity index (χ1) is 21.6. The Morgan fingerprint density at radius 1 is 0.864 bits per heavy atom. The van der Waals surface area contributed by atoms with Gasteiger partial charge in [-0.3, -0.25) is 9.69 Å². The van der Waals surface area contributed by atoms with Crippen molar-refractivity contribution >= 4 is 28.4 Å². The van der Waals surface area contributed by atoms with Gasteiger partial charge in [-0.15, -0.1) is 0 Å². The van der Waals surface area contributed by atoms with Crippen LogP contribution in [0.4, 0.5) is 11.5 Å². The fraction of sp³-hybridized carbons (Fsp3) is 0.250. The monoisotopic (exact) mass is 587 g/mol. The zero-order valence-electron chi connectivity index (χ0n) is 25.2. The number of ether oxygens (including phenoxy) is 2. The summed E-state index contributed by atoms with van der Waals surface area (Å²) in [6.45, 7) is 4.32. The second-order valence-electron chi connectivity index (χ2n) is 11.1. The summed E-state index contributed by atoms with van der Waals surface area (Å²) in [7, 11) is 3.65. The number of likely N-dealkylation sites (tertiary alicyclic amines) is 1.